The van der Waals surface area contributed by atoms with Crippen LogP contribution in [0.5, 0.6) is 5.88 Å². The van der Waals surface area contributed by atoms with E-state index in [1.54, 1.807) is 0 Å². The molecule has 3 N–H and O–H groups in total. The van der Waals surface area contributed by atoms with Gasteiger partial charge in [0.1, 0.15) is 11.5 Å². The molecule has 0 aromatic carbocycles. The summed E-state index contributed by atoms with van der Waals surface area (Å²) in [5.74, 6) is -3.18. The molecule has 10 nitrogen and oxygen atoms in total. The Morgan fingerprint density at radius 1 is 1.30 bits per heavy atom. The van der Waals surface area contributed by atoms with E-state index in [2.05, 4.69) is 4.98 Å². The Morgan fingerprint density at radius 3 is 2.27 bits per heavy atom. The first kappa shape index (κ1) is 28.3. The molecule has 33 heavy (non-hydrogen) atoms. The predicted molar refractivity (Wildman–Crippen MR) is 105 cm³/mol. The van der Waals surface area contributed by atoms with Gasteiger partial charge in [-0.15, -0.1) is 0 Å². The smallest absolute Gasteiger partial charge is 0.475 e. The number of methoxy groups -OCH3 is 1. The number of carboxylic acids is 1. The highest BCUT2D eigenvalue weighted by atomic mass is 32.2. The predicted octanol–water partition coefficient (Wildman–Crippen LogP) is 1.48. The fourth-order valence-corrected chi connectivity index (χ4v) is 3.97. The van der Waals surface area contributed by atoms with Crippen LogP contribution < -0.4 is 10.5 Å². The van der Waals surface area contributed by atoms with Crippen molar-refractivity contribution < 1.29 is 50.1 Å². The Balaban J connectivity index is 0.000000675. The van der Waals surface area contributed by atoms with Gasteiger partial charge in [0.15, 0.2) is 0 Å². The summed E-state index contributed by atoms with van der Waals surface area (Å²) < 4.78 is 80.8. The highest BCUT2D eigenvalue weighted by Crippen LogP contribution is 2.25. The van der Waals surface area contributed by atoms with Crippen molar-refractivity contribution in [2.45, 2.75) is 23.9 Å². The maximum Gasteiger partial charge on any atom is 0.490 e. The highest BCUT2D eigenvalue weighted by Gasteiger charge is 2.38. The number of nitrogens with two attached hydrogens (primary N) is 1. The van der Waals surface area contributed by atoms with E-state index in [-0.39, 0.29) is 54.5 Å². The van der Waals surface area contributed by atoms with E-state index < -0.39 is 22.2 Å². The Kier molecular flexibility index (Phi) is 10.7. The number of carbonyl (C=O) groups excluding carboxylic acids is 1. The molecule has 2 heterocycles. The van der Waals surface area contributed by atoms with Crippen LogP contribution in [0.15, 0.2) is 35.1 Å². The van der Waals surface area contributed by atoms with Crippen molar-refractivity contribution in [3.63, 3.8) is 0 Å². The molecule has 0 radical (unpaired) electrons. The Hall–Kier alpha value is -2.78. The maximum atomic E-state index is 12.7. The number of ether oxygens (including phenoxy) is 2. The van der Waals surface area contributed by atoms with Gasteiger partial charge in [0, 0.05) is 31.3 Å². The summed E-state index contributed by atoms with van der Waals surface area (Å²) in [4.78, 5) is 24.4. The molecular weight excluding hydrogens is 478 g/mol. The van der Waals surface area contributed by atoms with Crippen LogP contribution in [-0.4, -0.2) is 74.3 Å². The van der Waals surface area contributed by atoms with E-state index >= 15 is 0 Å². The first-order chi connectivity index (χ1) is 15.4. The number of pyridine rings is 1. The number of carboxylic acid groups (broad SMARTS) is 1. The lowest BCUT2D eigenvalue weighted by atomic mass is 9.99. The van der Waals surface area contributed by atoms with E-state index in [9.17, 15) is 30.8 Å². The van der Waals surface area contributed by atoms with E-state index in [0.29, 0.717) is 19.2 Å². The molecule has 15 heteroatoms. The highest BCUT2D eigenvalue weighted by molar-refractivity contribution is 7.89. The topological polar surface area (TPSA) is 149 Å². The fraction of sp³-hybridized carbons (Fsp3) is 0.500. The lowest BCUT2D eigenvalue weighted by Crippen LogP contribution is -2.40. The summed E-state index contributed by atoms with van der Waals surface area (Å²) in [7, 11) is -2.38. The summed E-state index contributed by atoms with van der Waals surface area (Å²) in [6.07, 6.45) is -2.69. The molecule has 0 unspecified atom stereocenters. The summed E-state index contributed by atoms with van der Waals surface area (Å²) >= 11 is 0. The molecule has 1 fully saturated rings. The molecular formula is C18H23F4N3O7S. The summed E-state index contributed by atoms with van der Waals surface area (Å²) in [5, 5.41) is 7.12. The number of sulfonamides is 1. The number of rotatable bonds is 7. The summed E-state index contributed by atoms with van der Waals surface area (Å²) in [6.45, 7) is 0.431. The second kappa shape index (κ2) is 12.5. The number of halogens is 4. The van der Waals surface area contributed by atoms with Crippen LogP contribution in [0.4, 0.5) is 17.6 Å². The Morgan fingerprint density at radius 2 is 1.88 bits per heavy atom. The molecule has 0 spiro atoms. The normalized spacial score (nSPS) is 15.9. The largest absolute Gasteiger partial charge is 0.490 e. The molecule has 0 saturated carbocycles. The Bertz CT molecular complexity index is 929. The second-order valence-electron chi connectivity index (χ2n) is 6.60. The fourth-order valence-electron chi connectivity index (χ4n) is 2.55. The molecule has 0 atom stereocenters. The van der Waals surface area contributed by atoms with Gasteiger partial charge in [-0.25, -0.2) is 22.6 Å². The number of carbonyl (C=O) groups is 2. The molecule has 1 aliphatic rings. The van der Waals surface area contributed by atoms with Gasteiger partial charge in [0.25, 0.3) is 0 Å². The Labute approximate surface area is 187 Å². The minimum Gasteiger partial charge on any atom is -0.475 e. The summed E-state index contributed by atoms with van der Waals surface area (Å²) in [5.41, 5.74) is 5.59. The molecule has 0 bridgehead atoms. The number of piperidine rings is 1. The number of alkyl halides is 3. The number of hydrogen-bond acceptors (Lipinski definition) is 8. The van der Waals surface area contributed by atoms with Gasteiger partial charge < -0.3 is 20.3 Å². The average Bonchev–Trinajstić information content (AvgIpc) is 2.79. The number of aromatic nitrogens is 1. The van der Waals surface area contributed by atoms with Crippen molar-refractivity contribution in [2.24, 2.45) is 11.7 Å². The zero-order valence-corrected chi connectivity index (χ0v) is 18.2. The van der Waals surface area contributed by atoms with E-state index in [1.807, 2.05) is 0 Å². The molecule has 1 aromatic heterocycles. The van der Waals surface area contributed by atoms with Crippen LogP contribution >= 0.6 is 0 Å². The molecule has 186 valence electrons. The monoisotopic (exact) mass is 501 g/mol. The van der Waals surface area contributed by atoms with Crippen molar-refractivity contribution >= 4 is 22.0 Å². The molecule has 0 amide bonds. The molecule has 1 saturated heterocycles. The standard InChI is InChI=1S/C16H22FN3O5S.C2HF3O2/c1-24-16(21)13-4-6-20(7-5-13)26(22,23)14-2-3-15(19-10-14)25-11-12(8-17)9-18;3-2(4,5)1(6)7/h2-3,8,10,13H,4-7,9,11,18H2,1H3;(H,6,7)/b12-8+;. The minimum absolute atomic E-state index is 0.0183. The van der Waals surface area contributed by atoms with Gasteiger partial charge >= 0.3 is 18.1 Å². The SMILES string of the molecule is COC(=O)C1CCN(S(=O)(=O)c2ccc(OC/C(=C/F)CN)nc2)CC1.O=C(O)C(F)(F)F. The van der Waals surface area contributed by atoms with Crippen molar-refractivity contribution in [1.29, 1.82) is 0 Å². The van der Waals surface area contributed by atoms with Crippen LogP contribution in [0.1, 0.15) is 12.8 Å². The van der Waals surface area contributed by atoms with Crippen LogP contribution in [0, 0.1) is 5.92 Å². The van der Waals surface area contributed by atoms with E-state index in [1.165, 1.54) is 29.7 Å². The maximum absolute atomic E-state index is 12.7. The second-order valence-corrected chi connectivity index (χ2v) is 8.53. The van der Waals surface area contributed by atoms with Crippen molar-refractivity contribution in [2.75, 3.05) is 33.4 Å². The molecule has 2 rings (SSSR count). The van der Waals surface area contributed by atoms with Crippen LogP contribution in [-0.2, 0) is 24.3 Å². The number of esters is 1. The van der Waals surface area contributed by atoms with Gasteiger partial charge in [0.05, 0.1) is 25.6 Å². The number of hydrogen-bond donors (Lipinski definition) is 2. The third-order valence-corrected chi connectivity index (χ3v) is 6.28. The third kappa shape index (κ3) is 8.58. The number of nitrogens with zero attached hydrogens (tertiary/aromatic N) is 2. The first-order valence-corrected chi connectivity index (χ1v) is 10.8. The van der Waals surface area contributed by atoms with E-state index in [4.69, 9.17) is 25.1 Å². The third-order valence-electron chi connectivity index (χ3n) is 4.40. The van der Waals surface area contributed by atoms with Gasteiger partial charge in [-0.05, 0) is 18.9 Å². The molecule has 1 aromatic rings. The van der Waals surface area contributed by atoms with Crippen LogP contribution in [0.2, 0.25) is 0 Å². The average molecular weight is 501 g/mol. The summed E-state index contributed by atoms with van der Waals surface area (Å²) in [6, 6.07) is 2.78. The zero-order valence-electron chi connectivity index (χ0n) is 17.4. The molecule has 0 aliphatic carbocycles. The number of aliphatic carboxylic acids is 1. The van der Waals surface area contributed by atoms with Crippen molar-refractivity contribution in [3.05, 3.63) is 30.2 Å². The lowest BCUT2D eigenvalue weighted by Gasteiger charge is -2.29. The minimum atomic E-state index is -5.08. The first-order valence-electron chi connectivity index (χ1n) is 9.32. The van der Waals surface area contributed by atoms with Gasteiger partial charge in [-0.3, -0.25) is 4.79 Å². The van der Waals surface area contributed by atoms with E-state index in [0.717, 1.165) is 0 Å². The zero-order chi connectivity index (χ0) is 25.2. The van der Waals surface area contributed by atoms with Gasteiger partial charge in [-0.2, -0.15) is 17.5 Å². The quantitative estimate of drug-likeness (QED) is 0.418. The van der Waals surface area contributed by atoms with Crippen molar-refractivity contribution in [1.82, 2.24) is 9.29 Å². The van der Waals surface area contributed by atoms with Crippen LogP contribution in [0.3, 0.4) is 0 Å². The van der Waals surface area contributed by atoms with Crippen molar-refractivity contribution in [3.8, 4) is 5.88 Å². The lowest BCUT2D eigenvalue weighted by molar-refractivity contribution is -0.192. The van der Waals surface area contributed by atoms with Crippen LogP contribution in [0.25, 0.3) is 0 Å². The van der Waals surface area contributed by atoms with Gasteiger partial charge in [0.2, 0.25) is 15.9 Å². The van der Waals surface area contributed by atoms with Gasteiger partial charge in [-0.1, -0.05) is 0 Å². The molecule has 1 aliphatic heterocycles.